The third-order valence-corrected chi connectivity index (χ3v) is 3.69. The van der Waals surface area contributed by atoms with Crippen molar-refractivity contribution in [3.8, 4) is 0 Å². The first kappa shape index (κ1) is 14.2. The van der Waals surface area contributed by atoms with E-state index in [2.05, 4.69) is 5.32 Å². The zero-order valence-corrected chi connectivity index (χ0v) is 11.0. The van der Waals surface area contributed by atoms with Gasteiger partial charge in [0.05, 0.1) is 12.0 Å². The predicted octanol–water partition coefficient (Wildman–Crippen LogP) is 1.63. The Morgan fingerprint density at radius 3 is 2.71 bits per heavy atom. The zero-order valence-electron chi connectivity index (χ0n) is 10.2. The molecule has 0 spiro atoms. The average molecular weight is 257 g/mol. The normalized spacial score (nSPS) is 14.5. The summed E-state index contributed by atoms with van der Waals surface area (Å²) < 4.78 is 0. The third-order valence-electron chi connectivity index (χ3n) is 2.61. The summed E-state index contributed by atoms with van der Waals surface area (Å²) in [7, 11) is 0. The molecule has 96 valence electrons. The van der Waals surface area contributed by atoms with Gasteiger partial charge in [0.2, 0.25) is 0 Å². The van der Waals surface area contributed by atoms with Crippen molar-refractivity contribution in [2.24, 2.45) is 0 Å². The number of thiophene rings is 1. The number of hydrogen-bond donors (Lipinski definition) is 3. The molecule has 0 bridgehead atoms. The van der Waals surface area contributed by atoms with Crippen molar-refractivity contribution in [1.82, 2.24) is 5.32 Å². The number of nitrogens with one attached hydrogen (secondary N) is 1. The third kappa shape index (κ3) is 5.30. The molecule has 3 N–H and O–H groups in total. The quantitative estimate of drug-likeness (QED) is 0.694. The highest BCUT2D eigenvalue weighted by Gasteiger charge is 2.16. The number of aliphatic carboxylic acids is 1. The Morgan fingerprint density at radius 1 is 1.47 bits per heavy atom. The minimum Gasteiger partial charge on any atom is -0.481 e. The molecule has 1 atom stereocenters. The fourth-order valence-corrected chi connectivity index (χ4v) is 2.32. The van der Waals surface area contributed by atoms with Crippen LogP contribution in [-0.2, 0) is 17.8 Å². The number of carbonyl (C=O) groups is 1. The van der Waals surface area contributed by atoms with E-state index in [0.717, 1.165) is 9.75 Å². The molecule has 0 saturated heterocycles. The standard InChI is InChI=1S/C12H19NO3S/c1-3-12(2,16)8-13-7-10-5-4-9(17-10)6-11(14)15/h4-5,13,16H,3,6-8H2,1-2H3,(H,14,15). The van der Waals surface area contributed by atoms with Gasteiger partial charge in [0.25, 0.3) is 0 Å². The molecular weight excluding hydrogens is 238 g/mol. The van der Waals surface area contributed by atoms with E-state index in [9.17, 15) is 9.90 Å². The van der Waals surface area contributed by atoms with Gasteiger partial charge in [-0.25, -0.2) is 0 Å². The molecule has 0 aliphatic carbocycles. The van der Waals surface area contributed by atoms with E-state index >= 15 is 0 Å². The molecule has 0 aliphatic rings. The molecular formula is C12H19NO3S. The molecule has 17 heavy (non-hydrogen) atoms. The predicted molar refractivity (Wildman–Crippen MR) is 68.3 cm³/mol. The van der Waals surface area contributed by atoms with E-state index in [1.54, 1.807) is 6.92 Å². The zero-order chi connectivity index (χ0) is 12.9. The molecule has 4 nitrogen and oxygen atoms in total. The maximum atomic E-state index is 10.5. The first-order valence-corrected chi connectivity index (χ1v) is 6.47. The Labute approximate surface area is 105 Å². The molecule has 0 amide bonds. The van der Waals surface area contributed by atoms with Crippen LogP contribution in [0.5, 0.6) is 0 Å². The Kier molecular flexibility index (Phi) is 5.11. The largest absolute Gasteiger partial charge is 0.481 e. The van der Waals surface area contributed by atoms with E-state index in [4.69, 9.17) is 5.11 Å². The van der Waals surface area contributed by atoms with Crippen LogP contribution in [0.3, 0.4) is 0 Å². The summed E-state index contributed by atoms with van der Waals surface area (Å²) in [5.41, 5.74) is -0.679. The van der Waals surface area contributed by atoms with Crippen LogP contribution in [0.25, 0.3) is 0 Å². The first-order chi connectivity index (χ1) is 7.93. The number of carboxylic acids is 1. The van der Waals surface area contributed by atoms with Gasteiger partial charge in [-0.1, -0.05) is 6.92 Å². The molecule has 5 heteroatoms. The van der Waals surface area contributed by atoms with Crippen LogP contribution in [0.15, 0.2) is 12.1 Å². The summed E-state index contributed by atoms with van der Waals surface area (Å²) in [6.07, 6.45) is 0.784. The summed E-state index contributed by atoms with van der Waals surface area (Å²) in [6.45, 7) is 4.94. The molecule has 1 aromatic rings. The van der Waals surface area contributed by atoms with Gasteiger partial charge in [-0.3, -0.25) is 4.79 Å². The fraction of sp³-hybridized carbons (Fsp3) is 0.583. The molecule has 1 heterocycles. The molecule has 0 fully saturated rings. The van der Waals surface area contributed by atoms with Crippen molar-refractivity contribution >= 4 is 17.3 Å². The second-order valence-electron chi connectivity index (χ2n) is 4.39. The van der Waals surface area contributed by atoms with Gasteiger partial charge in [0, 0.05) is 22.8 Å². The Balaban J connectivity index is 2.37. The molecule has 0 saturated carbocycles. The van der Waals surface area contributed by atoms with E-state index < -0.39 is 11.6 Å². The van der Waals surface area contributed by atoms with Crippen LogP contribution in [0.1, 0.15) is 30.0 Å². The summed E-state index contributed by atoms with van der Waals surface area (Å²) in [5, 5.41) is 21.6. The molecule has 0 aromatic carbocycles. The molecule has 0 aliphatic heterocycles. The van der Waals surface area contributed by atoms with E-state index in [-0.39, 0.29) is 6.42 Å². The molecule has 0 radical (unpaired) electrons. The van der Waals surface area contributed by atoms with Crippen molar-refractivity contribution in [3.05, 3.63) is 21.9 Å². The van der Waals surface area contributed by atoms with E-state index in [1.165, 1.54) is 11.3 Å². The fourth-order valence-electron chi connectivity index (χ4n) is 1.34. The van der Waals surface area contributed by atoms with Gasteiger partial charge >= 0.3 is 5.97 Å². The summed E-state index contributed by atoms with van der Waals surface area (Å²) in [5.74, 6) is -0.805. The smallest absolute Gasteiger partial charge is 0.308 e. The lowest BCUT2D eigenvalue weighted by Gasteiger charge is -2.21. The van der Waals surface area contributed by atoms with Gasteiger partial charge in [0.1, 0.15) is 0 Å². The second kappa shape index (κ2) is 6.14. The van der Waals surface area contributed by atoms with Crippen molar-refractivity contribution < 1.29 is 15.0 Å². The van der Waals surface area contributed by atoms with Crippen molar-refractivity contribution in [2.45, 2.75) is 38.8 Å². The van der Waals surface area contributed by atoms with Crippen molar-refractivity contribution in [3.63, 3.8) is 0 Å². The van der Waals surface area contributed by atoms with E-state index in [1.807, 2.05) is 19.1 Å². The lowest BCUT2D eigenvalue weighted by Crippen LogP contribution is -2.36. The molecule has 1 unspecified atom stereocenters. The van der Waals surface area contributed by atoms with Gasteiger partial charge in [-0.05, 0) is 25.5 Å². The van der Waals surface area contributed by atoms with Crippen LogP contribution in [0, 0.1) is 0 Å². The first-order valence-electron chi connectivity index (χ1n) is 5.65. The van der Waals surface area contributed by atoms with Crippen LogP contribution in [0.4, 0.5) is 0 Å². The summed E-state index contributed by atoms with van der Waals surface area (Å²) in [6, 6.07) is 3.77. The maximum Gasteiger partial charge on any atom is 0.308 e. The van der Waals surface area contributed by atoms with Crippen LogP contribution in [-0.4, -0.2) is 28.3 Å². The summed E-state index contributed by atoms with van der Waals surface area (Å²) in [4.78, 5) is 12.5. The van der Waals surface area contributed by atoms with Gasteiger partial charge in [-0.2, -0.15) is 0 Å². The van der Waals surface area contributed by atoms with Gasteiger partial charge < -0.3 is 15.5 Å². The minimum absolute atomic E-state index is 0.0807. The SMILES string of the molecule is CCC(C)(O)CNCc1ccc(CC(=O)O)s1. The number of rotatable bonds is 7. The maximum absolute atomic E-state index is 10.5. The van der Waals surface area contributed by atoms with Crippen LogP contribution in [0.2, 0.25) is 0 Å². The Bertz CT molecular complexity index is 374. The highest BCUT2D eigenvalue weighted by molar-refractivity contribution is 7.12. The van der Waals surface area contributed by atoms with Gasteiger partial charge in [-0.15, -0.1) is 11.3 Å². The number of aliphatic hydroxyl groups is 1. The number of hydrogen-bond acceptors (Lipinski definition) is 4. The topological polar surface area (TPSA) is 69.6 Å². The van der Waals surface area contributed by atoms with Crippen LogP contribution < -0.4 is 5.32 Å². The van der Waals surface area contributed by atoms with Crippen LogP contribution >= 0.6 is 11.3 Å². The average Bonchev–Trinajstić information content (AvgIpc) is 2.64. The Morgan fingerprint density at radius 2 is 2.12 bits per heavy atom. The summed E-state index contributed by atoms with van der Waals surface area (Å²) >= 11 is 1.49. The lowest BCUT2D eigenvalue weighted by molar-refractivity contribution is -0.136. The highest BCUT2D eigenvalue weighted by Crippen LogP contribution is 2.17. The van der Waals surface area contributed by atoms with E-state index in [0.29, 0.717) is 19.5 Å². The minimum atomic E-state index is -0.805. The second-order valence-corrected chi connectivity index (χ2v) is 5.65. The lowest BCUT2D eigenvalue weighted by atomic mass is 10.0. The van der Waals surface area contributed by atoms with Crippen molar-refractivity contribution in [2.75, 3.05) is 6.54 Å². The van der Waals surface area contributed by atoms with Gasteiger partial charge in [0.15, 0.2) is 0 Å². The molecule has 1 aromatic heterocycles. The van der Waals surface area contributed by atoms with Crippen molar-refractivity contribution in [1.29, 1.82) is 0 Å². The Hall–Kier alpha value is -0.910. The highest BCUT2D eigenvalue weighted by atomic mass is 32.1. The number of carboxylic acid groups (broad SMARTS) is 1. The monoisotopic (exact) mass is 257 g/mol. The molecule has 1 rings (SSSR count).